The van der Waals surface area contributed by atoms with E-state index < -0.39 is 0 Å². The van der Waals surface area contributed by atoms with Crippen molar-refractivity contribution in [3.63, 3.8) is 0 Å². The molecule has 1 saturated heterocycles. The van der Waals surface area contributed by atoms with Crippen molar-refractivity contribution in [3.05, 3.63) is 12.3 Å². The van der Waals surface area contributed by atoms with Gasteiger partial charge in [0, 0.05) is 12.1 Å². The van der Waals surface area contributed by atoms with Gasteiger partial charge in [-0.1, -0.05) is 6.58 Å². The Kier molecular flexibility index (Phi) is 1.85. The number of hydrogen-bond acceptors (Lipinski definition) is 2. The van der Waals surface area contributed by atoms with Gasteiger partial charge in [0.1, 0.15) is 6.29 Å². The van der Waals surface area contributed by atoms with E-state index in [1.54, 1.807) is 0 Å². The lowest BCUT2D eigenvalue weighted by Crippen LogP contribution is -2.24. The van der Waals surface area contributed by atoms with Crippen LogP contribution in [0.25, 0.3) is 0 Å². The lowest BCUT2D eigenvalue weighted by atomic mass is 10.3. The average Bonchev–Trinajstić information content (AvgIpc) is 2.20. The normalized spacial score (nSPS) is 18.2. The van der Waals surface area contributed by atoms with Crippen LogP contribution >= 0.6 is 0 Å². The van der Waals surface area contributed by atoms with Gasteiger partial charge >= 0.3 is 0 Å². The maximum absolute atomic E-state index is 10.9. The molecule has 1 amide bonds. The Balaban J connectivity index is 2.62. The van der Waals surface area contributed by atoms with E-state index >= 15 is 0 Å². The minimum atomic E-state index is 0.0112. The summed E-state index contributed by atoms with van der Waals surface area (Å²) in [7, 11) is 0. The monoisotopic (exact) mass is 139 g/mol. The van der Waals surface area contributed by atoms with Gasteiger partial charge in [-0.2, -0.15) is 0 Å². The van der Waals surface area contributed by atoms with Crippen LogP contribution in [0.5, 0.6) is 0 Å². The number of rotatable bonds is 2. The summed E-state index contributed by atoms with van der Waals surface area (Å²) in [6.45, 7) is 3.82. The first-order valence-corrected chi connectivity index (χ1v) is 3.17. The molecular formula is C7H9NO2. The van der Waals surface area contributed by atoms with Crippen LogP contribution in [0.4, 0.5) is 0 Å². The van der Waals surface area contributed by atoms with E-state index in [1.165, 1.54) is 4.90 Å². The molecule has 0 aromatic rings. The van der Waals surface area contributed by atoms with Crippen LogP contribution in [0.15, 0.2) is 12.3 Å². The quantitative estimate of drug-likeness (QED) is 0.517. The third-order valence-corrected chi connectivity index (χ3v) is 1.57. The van der Waals surface area contributed by atoms with Crippen LogP contribution in [-0.4, -0.2) is 23.6 Å². The molecule has 1 rings (SSSR count). The molecule has 0 N–H and O–H groups in total. The molecule has 3 heteroatoms. The first-order valence-electron chi connectivity index (χ1n) is 3.17. The largest absolute Gasteiger partial charge is 0.310 e. The minimum Gasteiger partial charge on any atom is -0.310 e. The van der Waals surface area contributed by atoms with Crippen LogP contribution in [-0.2, 0) is 9.59 Å². The van der Waals surface area contributed by atoms with Crippen molar-refractivity contribution < 1.29 is 9.59 Å². The number of amides is 1. The zero-order valence-electron chi connectivity index (χ0n) is 5.67. The van der Waals surface area contributed by atoms with Crippen molar-refractivity contribution in [2.24, 2.45) is 0 Å². The molecule has 1 aliphatic rings. The van der Waals surface area contributed by atoms with Gasteiger partial charge in [-0.15, -0.1) is 0 Å². The molecule has 0 saturated carbocycles. The van der Waals surface area contributed by atoms with Crippen molar-refractivity contribution in [2.75, 3.05) is 6.54 Å². The van der Waals surface area contributed by atoms with E-state index in [0.29, 0.717) is 19.1 Å². The Hall–Kier alpha value is -1.12. The first-order chi connectivity index (χ1) is 4.75. The predicted molar refractivity (Wildman–Crippen MR) is 36.2 cm³/mol. The zero-order valence-corrected chi connectivity index (χ0v) is 5.67. The second-order valence-corrected chi connectivity index (χ2v) is 2.24. The highest BCUT2D eigenvalue weighted by molar-refractivity contribution is 5.83. The molecule has 1 heterocycles. The molecule has 0 unspecified atom stereocenters. The van der Waals surface area contributed by atoms with Crippen LogP contribution in [0, 0.1) is 0 Å². The Morgan fingerprint density at radius 1 is 1.60 bits per heavy atom. The molecule has 54 valence electrons. The highest BCUT2D eigenvalue weighted by Gasteiger charge is 2.22. The van der Waals surface area contributed by atoms with E-state index in [4.69, 9.17) is 0 Å². The van der Waals surface area contributed by atoms with E-state index in [0.717, 1.165) is 5.70 Å². The summed E-state index contributed by atoms with van der Waals surface area (Å²) < 4.78 is 0. The van der Waals surface area contributed by atoms with Crippen LogP contribution in [0.2, 0.25) is 0 Å². The van der Waals surface area contributed by atoms with Gasteiger partial charge in [0.25, 0.3) is 0 Å². The standard InChI is InChI=1S/C7H9NO2/c1-6-2-3-7(10)8(6)4-5-9/h5H,1-4H2. The van der Waals surface area contributed by atoms with E-state index in [2.05, 4.69) is 6.58 Å². The fourth-order valence-corrected chi connectivity index (χ4v) is 1.00. The molecule has 0 spiro atoms. The lowest BCUT2D eigenvalue weighted by Gasteiger charge is -2.11. The van der Waals surface area contributed by atoms with Gasteiger partial charge in [0.2, 0.25) is 5.91 Å². The molecule has 0 aromatic heterocycles. The van der Waals surface area contributed by atoms with Gasteiger partial charge in [-0.3, -0.25) is 4.79 Å². The second-order valence-electron chi connectivity index (χ2n) is 2.24. The molecule has 0 bridgehead atoms. The number of aldehydes is 1. The van der Waals surface area contributed by atoms with E-state index in [1.807, 2.05) is 0 Å². The summed E-state index contributed by atoms with van der Waals surface area (Å²) in [5.41, 5.74) is 0.761. The van der Waals surface area contributed by atoms with E-state index in [9.17, 15) is 9.59 Å². The number of carbonyl (C=O) groups excluding carboxylic acids is 2. The third-order valence-electron chi connectivity index (χ3n) is 1.57. The second kappa shape index (κ2) is 2.64. The number of hydrogen-bond donors (Lipinski definition) is 0. The van der Waals surface area contributed by atoms with Crippen LogP contribution in [0.3, 0.4) is 0 Å². The molecule has 1 fully saturated rings. The predicted octanol–water partition coefficient (Wildman–Crippen LogP) is 0.321. The Morgan fingerprint density at radius 3 is 2.70 bits per heavy atom. The highest BCUT2D eigenvalue weighted by atomic mass is 16.2. The van der Waals surface area contributed by atoms with Gasteiger partial charge in [0.05, 0.1) is 6.54 Å². The summed E-state index contributed by atoms with van der Waals surface area (Å²) in [5.74, 6) is 0.0112. The molecule has 0 aliphatic carbocycles. The topological polar surface area (TPSA) is 37.4 Å². The van der Waals surface area contributed by atoms with Crippen molar-refractivity contribution in [1.29, 1.82) is 0 Å². The average molecular weight is 139 g/mol. The summed E-state index contributed by atoms with van der Waals surface area (Å²) in [6, 6.07) is 0. The maximum Gasteiger partial charge on any atom is 0.227 e. The van der Waals surface area contributed by atoms with Crippen molar-refractivity contribution in [1.82, 2.24) is 4.90 Å². The highest BCUT2D eigenvalue weighted by Crippen LogP contribution is 2.18. The number of carbonyl (C=O) groups is 2. The first kappa shape index (κ1) is 6.99. The molecular weight excluding hydrogens is 130 g/mol. The number of allylic oxidation sites excluding steroid dienone is 1. The van der Waals surface area contributed by atoms with Crippen LogP contribution < -0.4 is 0 Å². The number of likely N-dealkylation sites (tertiary alicyclic amines) is 1. The van der Waals surface area contributed by atoms with Crippen LogP contribution in [0.1, 0.15) is 12.8 Å². The Morgan fingerprint density at radius 2 is 2.30 bits per heavy atom. The summed E-state index contributed by atoms with van der Waals surface area (Å²) in [6.07, 6.45) is 1.92. The molecule has 0 atom stereocenters. The summed E-state index contributed by atoms with van der Waals surface area (Å²) in [5, 5.41) is 0. The third kappa shape index (κ3) is 1.07. The molecule has 10 heavy (non-hydrogen) atoms. The van der Waals surface area contributed by atoms with Gasteiger partial charge < -0.3 is 9.69 Å². The van der Waals surface area contributed by atoms with Crippen molar-refractivity contribution in [3.8, 4) is 0 Å². The molecule has 1 aliphatic heterocycles. The summed E-state index contributed by atoms with van der Waals surface area (Å²) >= 11 is 0. The molecule has 0 aromatic carbocycles. The fraction of sp³-hybridized carbons (Fsp3) is 0.429. The lowest BCUT2D eigenvalue weighted by molar-refractivity contribution is -0.128. The minimum absolute atomic E-state index is 0.0112. The fourth-order valence-electron chi connectivity index (χ4n) is 1.00. The number of nitrogens with zero attached hydrogens (tertiary/aromatic N) is 1. The Labute approximate surface area is 59.3 Å². The Bertz CT molecular complexity index is 170. The SMILES string of the molecule is C=C1CCC(=O)N1CC=O. The smallest absolute Gasteiger partial charge is 0.227 e. The van der Waals surface area contributed by atoms with Gasteiger partial charge in [-0.05, 0) is 6.42 Å². The van der Waals surface area contributed by atoms with Crippen molar-refractivity contribution in [2.45, 2.75) is 12.8 Å². The van der Waals surface area contributed by atoms with Gasteiger partial charge in [0.15, 0.2) is 0 Å². The summed E-state index contributed by atoms with van der Waals surface area (Å²) in [4.78, 5) is 22.3. The van der Waals surface area contributed by atoms with Gasteiger partial charge in [-0.25, -0.2) is 0 Å². The van der Waals surface area contributed by atoms with Crippen molar-refractivity contribution >= 4 is 12.2 Å². The molecule has 0 radical (unpaired) electrons. The van der Waals surface area contributed by atoms with E-state index in [-0.39, 0.29) is 12.5 Å². The molecule has 3 nitrogen and oxygen atoms in total. The zero-order chi connectivity index (χ0) is 7.56. The maximum atomic E-state index is 10.9.